The zero-order valence-electron chi connectivity index (χ0n) is 15.6. The fraction of sp³-hybridized carbons (Fsp3) is 0.444. The highest BCUT2D eigenvalue weighted by Crippen LogP contribution is 2.39. The summed E-state index contributed by atoms with van der Waals surface area (Å²) >= 11 is 0. The van der Waals surface area contributed by atoms with Gasteiger partial charge >= 0.3 is 7.48 Å². The Labute approximate surface area is 163 Å². The number of quaternary nitrogens is 1. The third-order valence-corrected chi connectivity index (χ3v) is 5.52. The van der Waals surface area contributed by atoms with Gasteiger partial charge in [-0.1, -0.05) is 6.08 Å². The first-order chi connectivity index (χ1) is 13.6. The number of hydrogen-bond acceptors (Lipinski definition) is 7. The molecule has 1 amide bonds. The lowest BCUT2D eigenvalue weighted by Gasteiger charge is -2.40. The van der Waals surface area contributed by atoms with Crippen LogP contribution in [0.25, 0.3) is 0 Å². The molecule has 4 atom stereocenters. The first-order valence-electron chi connectivity index (χ1n) is 9.21. The van der Waals surface area contributed by atoms with Gasteiger partial charge in [-0.25, -0.2) is 0 Å². The number of fused-ring (bicyclic) bond motifs is 1. The van der Waals surface area contributed by atoms with E-state index in [0.29, 0.717) is 31.0 Å². The third-order valence-electron chi connectivity index (χ3n) is 5.52. The van der Waals surface area contributed by atoms with Gasteiger partial charge < -0.3 is 20.0 Å². The molecular formula is C18H23BN4O5+. The lowest BCUT2D eigenvalue weighted by atomic mass is 9.70. The second-order valence-corrected chi connectivity index (χ2v) is 7.21. The van der Waals surface area contributed by atoms with E-state index in [1.54, 1.807) is 26.2 Å². The first kappa shape index (κ1) is 18.9. The van der Waals surface area contributed by atoms with Crippen LogP contribution in [0, 0.1) is 0 Å². The lowest BCUT2D eigenvalue weighted by molar-refractivity contribution is -1.21. The number of amides is 1. The Kier molecular flexibility index (Phi) is 5.11. The van der Waals surface area contributed by atoms with Crippen LogP contribution in [0.5, 0.6) is 0 Å². The molecule has 147 valence electrons. The largest absolute Gasteiger partial charge is 0.567 e. The van der Waals surface area contributed by atoms with Gasteiger partial charge in [-0.3, -0.25) is 14.6 Å². The van der Waals surface area contributed by atoms with E-state index >= 15 is 0 Å². The number of piperazine rings is 1. The standard InChI is InChI=1S/C18H23BN4O5/c1-12-17(3-2-13-10-27-19-18(12)13)28-23(26)5-4-20-7-16(23)15-8-22(11-25)14(9-24)6-21-15/h2-4,7,10-11,14-15,18,21,24,26H,5-6,8-9H2,1H3/q+1/t14?,15?,18?,23-/m0/s1. The van der Waals surface area contributed by atoms with E-state index in [-0.39, 0.29) is 31.1 Å². The normalized spacial score (nSPS) is 34.2. The molecule has 1 aliphatic carbocycles. The van der Waals surface area contributed by atoms with E-state index in [4.69, 9.17) is 9.49 Å². The molecule has 0 aromatic heterocycles. The number of aliphatic imine (C=N–C) groups is 1. The summed E-state index contributed by atoms with van der Waals surface area (Å²) in [6, 6.07) is -0.655. The predicted molar refractivity (Wildman–Crippen MR) is 101 cm³/mol. The Morgan fingerprint density at radius 3 is 3.18 bits per heavy atom. The number of hydrogen-bond donors (Lipinski definition) is 3. The van der Waals surface area contributed by atoms with E-state index in [1.165, 1.54) is 4.90 Å². The van der Waals surface area contributed by atoms with Gasteiger partial charge in [0.2, 0.25) is 12.1 Å². The summed E-state index contributed by atoms with van der Waals surface area (Å²) in [5.74, 6) is 0.560. The van der Waals surface area contributed by atoms with Gasteiger partial charge in [0.05, 0.1) is 31.3 Å². The second kappa shape index (κ2) is 7.55. The summed E-state index contributed by atoms with van der Waals surface area (Å²) in [6.45, 7) is 2.65. The van der Waals surface area contributed by atoms with Crippen LogP contribution in [0.15, 0.2) is 52.2 Å². The van der Waals surface area contributed by atoms with Crippen molar-refractivity contribution in [2.75, 3.05) is 26.2 Å². The number of carbonyl (C=O) groups is 1. The van der Waals surface area contributed by atoms with Crippen molar-refractivity contribution in [3.05, 3.63) is 47.2 Å². The number of aliphatic hydroxyl groups is 1. The van der Waals surface area contributed by atoms with E-state index in [9.17, 15) is 15.1 Å². The first-order valence-corrected chi connectivity index (χ1v) is 9.21. The summed E-state index contributed by atoms with van der Waals surface area (Å²) in [4.78, 5) is 22.4. The van der Waals surface area contributed by atoms with Crippen molar-refractivity contribution in [3.8, 4) is 0 Å². The second-order valence-electron chi connectivity index (χ2n) is 7.21. The van der Waals surface area contributed by atoms with Crippen molar-refractivity contribution in [2.24, 2.45) is 4.99 Å². The van der Waals surface area contributed by atoms with Crippen LogP contribution < -0.4 is 5.32 Å². The molecule has 1 fully saturated rings. The molecule has 0 spiro atoms. The highest BCUT2D eigenvalue weighted by atomic mass is 16.9. The Balaban J connectivity index is 1.56. The lowest BCUT2D eigenvalue weighted by Crippen LogP contribution is -2.62. The topological polar surface area (TPSA) is 104 Å². The number of allylic oxidation sites excluding steroid dienone is 4. The van der Waals surface area contributed by atoms with Gasteiger partial charge in [0, 0.05) is 23.7 Å². The molecule has 0 aromatic carbocycles. The van der Waals surface area contributed by atoms with Crippen molar-refractivity contribution in [3.63, 3.8) is 0 Å². The third kappa shape index (κ3) is 3.28. The molecule has 4 rings (SSSR count). The van der Waals surface area contributed by atoms with Crippen molar-refractivity contribution in [1.29, 1.82) is 0 Å². The van der Waals surface area contributed by atoms with Crippen LogP contribution in [-0.2, 0) is 14.3 Å². The maximum absolute atomic E-state index is 11.4. The molecule has 3 aliphatic heterocycles. The van der Waals surface area contributed by atoms with Crippen molar-refractivity contribution < 1.29 is 29.4 Å². The van der Waals surface area contributed by atoms with Crippen molar-refractivity contribution >= 4 is 20.1 Å². The number of rotatable bonds is 5. The van der Waals surface area contributed by atoms with Gasteiger partial charge in [-0.2, -0.15) is 5.21 Å². The molecule has 3 heterocycles. The fourth-order valence-corrected chi connectivity index (χ4v) is 3.79. The average Bonchev–Trinajstić information content (AvgIpc) is 3.19. The van der Waals surface area contributed by atoms with Crippen LogP contribution in [0.3, 0.4) is 0 Å². The number of carbonyl (C=O) groups excluding carboxylic acids is 1. The minimum Gasteiger partial charge on any atom is -0.567 e. The number of nitrogens with one attached hydrogen (secondary N) is 1. The van der Waals surface area contributed by atoms with Crippen LogP contribution in [-0.4, -0.2) is 78.5 Å². The highest BCUT2D eigenvalue weighted by Gasteiger charge is 2.45. The Hall–Kier alpha value is -2.40. The summed E-state index contributed by atoms with van der Waals surface area (Å²) in [6.07, 6.45) is 9.27. The maximum Gasteiger partial charge on any atom is 0.381 e. The van der Waals surface area contributed by atoms with Gasteiger partial charge in [0.1, 0.15) is 6.04 Å². The molecule has 10 heteroatoms. The van der Waals surface area contributed by atoms with E-state index in [2.05, 4.69) is 10.3 Å². The molecule has 9 nitrogen and oxygen atoms in total. The molecule has 0 bridgehead atoms. The highest BCUT2D eigenvalue weighted by molar-refractivity contribution is 6.34. The average molecular weight is 386 g/mol. The van der Waals surface area contributed by atoms with Crippen LogP contribution in [0.4, 0.5) is 0 Å². The van der Waals surface area contributed by atoms with Crippen molar-refractivity contribution in [1.82, 2.24) is 10.2 Å². The van der Waals surface area contributed by atoms with E-state index < -0.39 is 4.81 Å². The Morgan fingerprint density at radius 1 is 1.54 bits per heavy atom. The summed E-state index contributed by atoms with van der Waals surface area (Å²) in [5.41, 5.74) is 2.47. The quantitative estimate of drug-likeness (QED) is 0.349. The zero-order chi connectivity index (χ0) is 19.7. The molecule has 3 N–H and O–H groups in total. The minimum atomic E-state index is -0.790. The van der Waals surface area contributed by atoms with Gasteiger partial charge in [-0.15, -0.1) is 0 Å². The predicted octanol–water partition coefficient (Wildman–Crippen LogP) is 0.00650. The molecule has 28 heavy (non-hydrogen) atoms. The molecule has 1 saturated heterocycles. The fourth-order valence-electron chi connectivity index (χ4n) is 3.79. The zero-order valence-corrected chi connectivity index (χ0v) is 15.6. The smallest absolute Gasteiger partial charge is 0.381 e. The molecular weight excluding hydrogens is 363 g/mol. The number of nitrogens with zero attached hydrogens (tertiary/aromatic N) is 3. The van der Waals surface area contributed by atoms with E-state index in [1.807, 2.05) is 19.1 Å². The minimum absolute atomic E-state index is 0.00107. The molecule has 1 radical (unpaired) electrons. The van der Waals surface area contributed by atoms with Gasteiger partial charge in [0.25, 0.3) is 0 Å². The summed E-state index contributed by atoms with van der Waals surface area (Å²) in [7, 11) is 1.73. The molecule has 0 aromatic rings. The van der Waals surface area contributed by atoms with Crippen LogP contribution in [0.1, 0.15) is 6.92 Å². The number of aliphatic hydroxyl groups excluding tert-OH is 1. The van der Waals surface area contributed by atoms with Crippen LogP contribution >= 0.6 is 0 Å². The molecule has 3 unspecified atom stereocenters. The Bertz CT molecular complexity index is 808. The van der Waals surface area contributed by atoms with Gasteiger partial charge in [0.15, 0.2) is 12.3 Å². The van der Waals surface area contributed by atoms with Crippen LogP contribution in [0.2, 0.25) is 5.82 Å². The monoisotopic (exact) mass is 386 g/mol. The summed E-state index contributed by atoms with van der Waals surface area (Å²) < 4.78 is 5.29. The SMILES string of the molecule is CC1=C(O[N@@+]2(O)CC=NC=C2C2CN(C=O)C(CO)CN2)C=CC2=CO[B]C21. The van der Waals surface area contributed by atoms with E-state index in [0.717, 1.165) is 11.1 Å². The molecule has 0 saturated carbocycles. The number of hydroxylamine groups is 4. The Morgan fingerprint density at radius 2 is 2.39 bits per heavy atom. The van der Waals surface area contributed by atoms with Gasteiger partial charge in [-0.05, 0) is 24.1 Å². The van der Waals surface area contributed by atoms with Crippen molar-refractivity contribution in [2.45, 2.75) is 24.8 Å². The summed E-state index contributed by atoms with van der Waals surface area (Å²) in [5, 5.41) is 24.0. The molecule has 4 aliphatic rings. The maximum atomic E-state index is 11.4.